The molecule has 0 radical (unpaired) electrons. The van der Waals surface area contributed by atoms with E-state index in [2.05, 4.69) is 4.90 Å². The zero-order chi connectivity index (χ0) is 22.0. The summed E-state index contributed by atoms with van der Waals surface area (Å²) in [7, 11) is 4.06. The molecule has 2 aromatic carbocycles. The van der Waals surface area contributed by atoms with Gasteiger partial charge in [-0.3, -0.25) is 9.69 Å². The van der Waals surface area contributed by atoms with Gasteiger partial charge < -0.3 is 14.1 Å². The Morgan fingerprint density at radius 3 is 2.71 bits per heavy atom. The van der Waals surface area contributed by atoms with Gasteiger partial charge in [-0.2, -0.15) is 0 Å². The van der Waals surface area contributed by atoms with Gasteiger partial charge in [-0.1, -0.05) is 35.6 Å². The molecule has 0 spiro atoms. The van der Waals surface area contributed by atoms with Crippen LogP contribution in [0, 0.1) is 6.92 Å². The number of hydrogen-bond acceptors (Lipinski definition) is 6. The highest BCUT2D eigenvalue weighted by Crippen LogP contribution is 2.33. The van der Waals surface area contributed by atoms with Crippen molar-refractivity contribution in [1.82, 2.24) is 9.88 Å². The van der Waals surface area contributed by atoms with Gasteiger partial charge in [-0.15, -0.1) is 0 Å². The molecule has 0 atom stereocenters. The lowest BCUT2D eigenvalue weighted by molar-refractivity contribution is 0.0961. The van der Waals surface area contributed by atoms with Crippen LogP contribution in [0.5, 0.6) is 5.75 Å². The van der Waals surface area contributed by atoms with Crippen LogP contribution in [-0.2, 0) is 0 Å². The standard InChI is InChI=1S/C24H27N3O3S/c1-5-29-18-11-7-10-17-15-19(30-22(17)18)23(28)27(14-8-13-26(3)4)24-25-21-16(2)9-6-12-20(21)31-24/h6-7,9-12,15H,5,8,13-14H2,1-4H3. The summed E-state index contributed by atoms with van der Waals surface area (Å²) in [4.78, 5) is 22.2. The van der Waals surface area contributed by atoms with Gasteiger partial charge in [0.1, 0.15) is 0 Å². The zero-order valence-corrected chi connectivity index (χ0v) is 19.2. The number of anilines is 1. The van der Waals surface area contributed by atoms with Gasteiger partial charge in [0.25, 0.3) is 5.91 Å². The van der Waals surface area contributed by atoms with Gasteiger partial charge >= 0.3 is 0 Å². The second kappa shape index (κ2) is 9.08. The van der Waals surface area contributed by atoms with E-state index in [4.69, 9.17) is 14.1 Å². The van der Waals surface area contributed by atoms with Gasteiger partial charge in [0, 0.05) is 11.9 Å². The number of furan rings is 1. The lowest BCUT2D eigenvalue weighted by atomic mass is 10.2. The normalized spacial score (nSPS) is 11.5. The molecule has 0 fully saturated rings. The lowest BCUT2D eigenvalue weighted by Gasteiger charge is -2.19. The molecular formula is C24H27N3O3S. The summed E-state index contributed by atoms with van der Waals surface area (Å²) in [6.45, 7) is 5.94. The molecule has 0 aliphatic carbocycles. The molecule has 0 N–H and O–H groups in total. The summed E-state index contributed by atoms with van der Waals surface area (Å²) in [5, 5.41) is 1.54. The molecule has 1 amide bonds. The van der Waals surface area contributed by atoms with Crippen molar-refractivity contribution in [2.24, 2.45) is 0 Å². The number of carbonyl (C=O) groups excluding carboxylic acids is 1. The Labute approximate surface area is 186 Å². The lowest BCUT2D eigenvalue weighted by Crippen LogP contribution is -2.33. The van der Waals surface area contributed by atoms with Gasteiger partial charge in [-0.05, 0) is 64.7 Å². The minimum Gasteiger partial charge on any atom is -0.490 e. The predicted molar refractivity (Wildman–Crippen MR) is 127 cm³/mol. The highest BCUT2D eigenvalue weighted by Gasteiger charge is 2.25. The van der Waals surface area contributed by atoms with E-state index < -0.39 is 0 Å². The van der Waals surface area contributed by atoms with Crippen molar-refractivity contribution in [3.63, 3.8) is 0 Å². The van der Waals surface area contributed by atoms with Crippen LogP contribution in [0.4, 0.5) is 5.13 Å². The number of nitrogens with zero attached hydrogens (tertiary/aromatic N) is 3. The van der Waals surface area contributed by atoms with Crippen molar-refractivity contribution in [3.8, 4) is 5.75 Å². The van der Waals surface area contributed by atoms with Crippen molar-refractivity contribution in [1.29, 1.82) is 0 Å². The Kier molecular flexibility index (Phi) is 6.25. The molecule has 4 aromatic rings. The molecule has 4 rings (SSSR count). The number of thiazole rings is 1. The van der Waals surface area contributed by atoms with E-state index in [9.17, 15) is 4.79 Å². The number of aryl methyl sites for hydroxylation is 1. The third kappa shape index (κ3) is 4.43. The number of hydrogen-bond donors (Lipinski definition) is 0. The molecule has 31 heavy (non-hydrogen) atoms. The van der Waals surface area contributed by atoms with Crippen molar-refractivity contribution >= 4 is 43.6 Å². The smallest absolute Gasteiger partial charge is 0.295 e. The van der Waals surface area contributed by atoms with Crippen molar-refractivity contribution in [2.45, 2.75) is 20.3 Å². The predicted octanol–water partition coefficient (Wildman–Crippen LogP) is 5.35. The third-order valence-corrected chi connectivity index (χ3v) is 6.13. The summed E-state index contributed by atoms with van der Waals surface area (Å²) < 4.78 is 12.7. The zero-order valence-electron chi connectivity index (χ0n) is 18.3. The quantitative estimate of drug-likeness (QED) is 0.372. The molecule has 6 nitrogen and oxygen atoms in total. The molecule has 7 heteroatoms. The van der Waals surface area contributed by atoms with E-state index in [1.807, 2.05) is 64.3 Å². The summed E-state index contributed by atoms with van der Waals surface area (Å²) >= 11 is 1.53. The monoisotopic (exact) mass is 437 g/mol. The average molecular weight is 438 g/mol. The van der Waals surface area contributed by atoms with Crippen LogP contribution in [0.25, 0.3) is 21.2 Å². The maximum absolute atomic E-state index is 13.6. The van der Waals surface area contributed by atoms with E-state index in [0.717, 1.165) is 34.1 Å². The van der Waals surface area contributed by atoms with E-state index >= 15 is 0 Å². The van der Waals surface area contributed by atoms with E-state index in [-0.39, 0.29) is 5.91 Å². The summed E-state index contributed by atoms with van der Waals surface area (Å²) in [6.07, 6.45) is 0.831. The minimum atomic E-state index is -0.186. The van der Waals surface area contributed by atoms with Gasteiger partial charge in [-0.25, -0.2) is 4.98 Å². The molecular weight excluding hydrogens is 410 g/mol. The molecule has 162 valence electrons. The number of rotatable bonds is 8. The van der Waals surface area contributed by atoms with Gasteiger partial charge in [0.2, 0.25) is 0 Å². The average Bonchev–Trinajstić information content (AvgIpc) is 3.36. The van der Waals surface area contributed by atoms with E-state index in [0.29, 0.717) is 35.4 Å². The molecule has 2 aromatic heterocycles. The van der Waals surface area contributed by atoms with Crippen molar-refractivity contribution < 1.29 is 13.9 Å². The number of para-hydroxylation sites is 2. The largest absolute Gasteiger partial charge is 0.490 e. The van der Waals surface area contributed by atoms with Crippen LogP contribution < -0.4 is 9.64 Å². The van der Waals surface area contributed by atoms with Crippen LogP contribution in [0.2, 0.25) is 0 Å². The van der Waals surface area contributed by atoms with E-state index in [1.165, 1.54) is 11.3 Å². The van der Waals surface area contributed by atoms with Crippen LogP contribution in [0.3, 0.4) is 0 Å². The number of ether oxygens (including phenoxy) is 1. The highest BCUT2D eigenvalue weighted by molar-refractivity contribution is 7.22. The fourth-order valence-corrected chi connectivity index (χ4v) is 4.63. The second-order valence-electron chi connectivity index (χ2n) is 7.75. The Hall–Kier alpha value is -2.90. The van der Waals surface area contributed by atoms with Gasteiger partial charge in [0.15, 0.2) is 22.2 Å². The number of benzene rings is 2. The number of fused-ring (bicyclic) bond motifs is 2. The molecule has 0 aliphatic rings. The first-order valence-corrected chi connectivity index (χ1v) is 11.3. The van der Waals surface area contributed by atoms with Crippen molar-refractivity contribution in [3.05, 3.63) is 53.8 Å². The highest BCUT2D eigenvalue weighted by atomic mass is 32.1. The Morgan fingerprint density at radius 2 is 1.97 bits per heavy atom. The van der Waals surface area contributed by atoms with Crippen LogP contribution in [0.15, 0.2) is 46.9 Å². The third-order valence-electron chi connectivity index (χ3n) is 5.09. The first-order chi connectivity index (χ1) is 15.0. The molecule has 2 heterocycles. The molecule has 0 unspecified atom stereocenters. The topological polar surface area (TPSA) is 58.8 Å². The second-order valence-corrected chi connectivity index (χ2v) is 8.76. The summed E-state index contributed by atoms with van der Waals surface area (Å²) in [6, 6.07) is 13.6. The minimum absolute atomic E-state index is 0.186. The Morgan fingerprint density at radius 1 is 1.16 bits per heavy atom. The molecule has 0 bridgehead atoms. The first kappa shape index (κ1) is 21.3. The van der Waals surface area contributed by atoms with E-state index in [1.54, 1.807) is 11.0 Å². The molecule has 0 aliphatic heterocycles. The first-order valence-electron chi connectivity index (χ1n) is 10.5. The maximum Gasteiger partial charge on any atom is 0.295 e. The summed E-state index contributed by atoms with van der Waals surface area (Å²) in [5.41, 5.74) is 2.64. The molecule has 0 saturated heterocycles. The maximum atomic E-state index is 13.6. The Balaban J connectivity index is 1.72. The number of amides is 1. The fraction of sp³-hybridized carbons (Fsp3) is 0.333. The van der Waals surface area contributed by atoms with Crippen LogP contribution in [0.1, 0.15) is 29.5 Å². The van der Waals surface area contributed by atoms with Gasteiger partial charge in [0.05, 0.1) is 16.8 Å². The molecule has 0 saturated carbocycles. The SMILES string of the molecule is CCOc1cccc2cc(C(=O)N(CCCN(C)C)c3nc4c(C)cccc4s3)oc12. The van der Waals surface area contributed by atoms with Crippen LogP contribution in [-0.4, -0.2) is 49.6 Å². The van der Waals surface area contributed by atoms with Crippen molar-refractivity contribution in [2.75, 3.05) is 38.7 Å². The fourth-order valence-electron chi connectivity index (χ4n) is 3.56. The summed E-state index contributed by atoms with van der Waals surface area (Å²) in [5.74, 6) is 0.755. The Bertz CT molecular complexity index is 1210. The number of aromatic nitrogens is 1. The van der Waals surface area contributed by atoms with Crippen LogP contribution >= 0.6 is 11.3 Å². The number of carbonyl (C=O) groups is 1.